The van der Waals surface area contributed by atoms with Gasteiger partial charge in [0.2, 0.25) is 10.3 Å². The molecule has 1 aromatic carbocycles. The van der Waals surface area contributed by atoms with E-state index in [1.807, 2.05) is 0 Å². The molecular weight excluding hydrogens is 348 g/mol. The molecule has 1 aliphatic rings. The maximum absolute atomic E-state index is 13.0. The van der Waals surface area contributed by atoms with Crippen LogP contribution in [-0.2, 0) is 20.1 Å². The third-order valence-electron chi connectivity index (χ3n) is 3.83. The minimum absolute atomic E-state index is 0.0181. The van der Waals surface area contributed by atoms with E-state index in [4.69, 9.17) is 0 Å². The molecule has 0 bridgehead atoms. The van der Waals surface area contributed by atoms with E-state index in [9.17, 15) is 22.4 Å². The number of allylic oxidation sites excluding steroid dienone is 4. The van der Waals surface area contributed by atoms with Crippen LogP contribution in [0, 0.1) is 5.92 Å². The molecule has 0 N–H and O–H groups in total. The largest absolute Gasteiger partial charge is 0.416 e. The van der Waals surface area contributed by atoms with E-state index in [0.717, 1.165) is 0 Å². The van der Waals surface area contributed by atoms with Crippen molar-refractivity contribution in [2.45, 2.75) is 20.8 Å². The van der Waals surface area contributed by atoms with Crippen LogP contribution in [0.2, 0.25) is 0 Å². The summed E-state index contributed by atoms with van der Waals surface area (Å²) in [5.74, 6) is -0.862. The Balaban J connectivity index is 2.76. The Morgan fingerprint density at radius 1 is 1.17 bits per heavy atom. The predicted octanol–water partition coefficient (Wildman–Crippen LogP) is 2.00. The lowest BCUT2D eigenvalue weighted by atomic mass is 9.92. The Kier molecular flexibility index (Phi) is 5.03. The monoisotopic (exact) mass is 364 g/mol. The zero-order valence-electron chi connectivity index (χ0n) is 13.4. The van der Waals surface area contributed by atoms with E-state index in [-0.39, 0.29) is 15.3 Å². The van der Waals surface area contributed by atoms with Crippen molar-refractivity contribution in [3.63, 3.8) is 0 Å². The Bertz CT molecular complexity index is 1030. The lowest BCUT2D eigenvalue weighted by molar-refractivity contribution is 0.000665. The van der Waals surface area contributed by atoms with Crippen LogP contribution in [0.1, 0.15) is 26.3 Å². The molecular formula is C16H16N2O4S2. The van der Waals surface area contributed by atoms with Crippen LogP contribution < -0.4 is 0 Å². The van der Waals surface area contributed by atoms with Gasteiger partial charge in [0.15, 0.2) is 0 Å². The average Bonchev–Trinajstić information content (AvgIpc) is 2.47. The van der Waals surface area contributed by atoms with Crippen LogP contribution in [0.25, 0.3) is 5.53 Å². The molecule has 1 aromatic rings. The Hall–Kier alpha value is -2.28. The molecule has 0 saturated heterocycles. The van der Waals surface area contributed by atoms with Crippen molar-refractivity contribution in [3.05, 3.63) is 63.6 Å². The summed E-state index contributed by atoms with van der Waals surface area (Å²) in [7, 11) is -6.72. The number of sulfone groups is 1. The van der Waals surface area contributed by atoms with Crippen LogP contribution >= 0.6 is 0 Å². The number of hydrogen-bond donors (Lipinski definition) is 0. The highest BCUT2D eigenvalue weighted by atomic mass is 32.2. The van der Waals surface area contributed by atoms with E-state index in [1.165, 1.54) is 25.1 Å². The molecule has 24 heavy (non-hydrogen) atoms. The van der Waals surface area contributed by atoms with Gasteiger partial charge in [-0.25, -0.2) is 8.42 Å². The van der Waals surface area contributed by atoms with Gasteiger partial charge in [0.05, 0.1) is 15.3 Å². The number of nitrogens with zero attached hydrogens (tertiary/aromatic N) is 2. The van der Waals surface area contributed by atoms with E-state index in [0.29, 0.717) is 11.1 Å². The first kappa shape index (κ1) is 18.1. The summed E-state index contributed by atoms with van der Waals surface area (Å²) < 4.78 is 49.0. The molecule has 0 aromatic heterocycles. The molecule has 1 atom stereocenters. The topological polar surface area (TPSA) is 105 Å². The first-order valence-electron chi connectivity index (χ1n) is 7.10. The van der Waals surface area contributed by atoms with Crippen molar-refractivity contribution in [1.82, 2.24) is 0 Å². The van der Waals surface area contributed by atoms with Gasteiger partial charge >= 0.3 is 5.04 Å². The second-order valence-corrected chi connectivity index (χ2v) is 8.21. The van der Waals surface area contributed by atoms with Crippen molar-refractivity contribution in [1.29, 1.82) is 0 Å². The molecule has 0 aliphatic heterocycles. The molecule has 0 saturated carbocycles. The number of benzene rings is 1. The van der Waals surface area contributed by atoms with Gasteiger partial charge in [0.1, 0.15) is 0 Å². The summed E-state index contributed by atoms with van der Waals surface area (Å²) in [5, 5.41) is -0.506. The Morgan fingerprint density at radius 3 is 2.25 bits per heavy atom. The highest BCUT2D eigenvalue weighted by Gasteiger charge is 2.41. The molecule has 1 aliphatic carbocycles. The molecule has 1 unspecified atom stereocenters. The van der Waals surface area contributed by atoms with Gasteiger partial charge in [0.25, 0.3) is 9.84 Å². The second-order valence-electron chi connectivity index (χ2n) is 5.47. The molecule has 2 rings (SSSR count). The quantitative estimate of drug-likeness (QED) is 0.263. The summed E-state index contributed by atoms with van der Waals surface area (Å²) in [6, 6.07) is 7.96. The van der Waals surface area contributed by atoms with Crippen LogP contribution in [0.5, 0.6) is 0 Å². The third kappa shape index (κ3) is 3.03. The Labute approximate surface area is 142 Å². The van der Waals surface area contributed by atoms with Gasteiger partial charge in [0, 0.05) is 5.92 Å². The lowest BCUT2D eigenvalue weighted by Gasteiger charge is -2.22. The summed E-state index contributed by atoms with van der Waals surface area (Å²) >= 11 is 0. The van der Waals surface area contributed by atoms with Crippen molar-refractivity contribution in [2.24, 2.45) is 5.92 Å². The van der Waals surface area contributed by atoms with Crippen molar-refractivity contribution in [2.75, 3.05) is 0 Å². The minimum atomic E-state index is -4.17. The SMILES string of the molecule is CC1=CC(C)=C(S(=O)(=O)C(=[N+]=[N-])c2ccccc2)C(C)C1=S(=O)=O. The van der Waals surface area contributed by atoms with Crippen molar-refractivity contribution in [3.8, 4) is 0 Å². The summed E-state index contributed by atoms with van der Waals surface area (Å²) in [4.78, 5) is 2.91. The smallest absolute Gasteiger partial charge is 0.360 e. The molecule has 8 heteroatoms. The predicted molar refractivity (Wildman–Crippen MR) is 92.6 cm³/mol. The summed E-state index contributed by atoms with van der Waals surface area (Å²) in [5.41, 5.74) is 10.4. The van der Waals surface area contributed by atoms with Gasteiger partial charge in [-0.2, -0.15) is 13.2 Å². The molecule has 0 radical (unpaired) electrons. The van der Waals surface area contributed by atoms with Crippen LogP contribution in [0.15, 0.2) is 52.5 Å². The number of hydrogen-bond acceptors (Lipinski definition) is 4. The second kappa shape index (κ2) is 6.68. The van der Waals surface area contributed by atoms with E-state index < -0.39 is 31.1 Å². The summed E-state index contributed by atoms with van der Waals surface area (Å²) in [6.45, 7) is 4.72. The standard InChI is InChI=1S/C16H16N2O4S2/c1-10-9-11(2)15(12(3)14(10)23(19)20)24(21,22)16(18-17)13-7-5-4-6-8-13/h4-9,12H,1-3H3. The fraction of sp³-hybridized carbons (Fsp3) is 0.250. The van der Waals surface area contributed by atoms with E-state index in [1.54, 1.807) is 32.0 Å². The van der Waals surface area contributed by atoms with Gasteiger partial charge in [-0.1, -0.05) is 31.2 Å². The first-order valence-corrected chi connectivity index (χ1v) is 9.65. The van der Waals surface area contributed by atoms with Gasteiger partial charge in [-0.05, 0) is 37.1 Å². The maximum atomic E-state index is 13.0. The van der Waals surface area contributed by atoms with E-state index >= 15 is 0 Å². The molecule has 0 amide bonds. The first-order chi connectivity index (χ1) is 11.2. The highest BCUT2D eigenvalue weighted by Crippen LogP contribution is 2.32. The minimum Gasteiger partial charge on any atom is -0.360 e. The maximum Gasteiger partial charge on any atom is 0.416 e. The van der Waals surface area contributed by atoms with Crippen LogP contribution in [-0.4, -0.2) is 31.5 Å². The number of rotatable bonds is 2. The molecule has 0 heterocycles. The molecule has 0 spiro atoms. The normalized spacial score (nSPS) is 18.0. The fourth-order valence-electron chi connectivity index (χ4n) is 2.94. The Morgan fingerprint density at radius 2 is 1.75 bits per heavy atom. The molecule has 126 valence electrons. The molecule has 6 nitrogen and oxygen atoms in total. The summed E-state index contributed by atoms with van der Waals surface area (Å²) in [6.07, 6.45) is 1.51. The lowest BCUT2D eigenvalue weighted by Crippen LogP contribution is -2.30. The van der Waals surface area contributed by atoms with Crippen molar-refractivity contribution >= 4 is 30.0 Å². The van der Waals surface area contributed by atoms with E-state index in [2.05, 4.69) is 4.79 Å². The average molecular weight is 364 g/mol. The van der Waals surface area contributed by atoms with Crippen LogP contribution in [0.4, 0.5) is 0 Å². The van der Waals surface area contributed by atoms with Gasteiger partial charge in [-0.15, -0.1) is 0 Å². The zero-order valence-corrected chi connectivity index (χ0v) is 15.0. The van der Waals surface area contributed by atoms with Gasteiger partial charge < -0.3 is 5.53 Å². The highest BCUT2D eigenvalue weighted by molar-refractivity contribution is 8.10. The fourth-order valence-corrected chi connectivity index (χ4v) is 5.57. The van der Waals surface area contributed by atoms with Crippen molar-refractivity contribution < 1.29 is 21.6 Å². The molecule has 0 fully saturated rings. The zero-order chi connectivity index (χ0) is 18.1. The van der Waals surface area contributed by atoms with Crippen LogP contribution in [0.3, 0.4) is 0 Å². The van der Waals surface area contributed by atoms with Gasteiger partial charge in [-0.3, -0.25) is 0 Å². The third-order valence-corrected chi connectivity index (χ3v) is 6.95.